The van der Waals surface area contributed by atoms with E-state index in [1.807, 2.05) is 6.92 Å². The zero-order valence-corrected chi connectivity index (χ0v) is 15.5. The minimum Gasteiger partial charge on any atom is -0.459 e. The predicted molar refractivity (Wildman–Crippen MR) is 95.5 cm³/mol. The highest BCUT2D eigenvalue weighted by Gasteiger charge is 2.39. The zero-order chi connectivity index (χ0) is 19.4. The summed E-state index contributed by atoms with van der Waals surface area (Å²) >= 11 is 0. The quantitative estimate of drug-likeness (QED) is 0.593. The Morgan fingerprint density at radius 1 is 1.15 bits per heavy atom. The van der Waals surface area contributed by atoms with Gasteiger partial charge < -0.3 is 14.6 Å². The molecule has 1 aliphatic heterocycles. The maximum Gasteiger partial charge on any atom is 0.338 e. The number of hydrogen-bond donors (Lipinski definition) is 1. The first-order valence-electron chi connectivity index (χ1n) is 8.41. The summed E-state index contributed by atoms with van der Waals surface area (Å²) in [6.07, 6.45) is -3.09. The second-order valence-corrected chi connectivity index (χ2v) is 7.80. The van der Waals surface area contributed by atoms with Crippen LogP contribution >= 0.6 is 0 Å². The molecule has 0 aliphatic carbocycles. The summed E-state index contributed by atoms with van der Waals surface area (Å²) in [7, 11) is -4.04. The Morgan fingerprint density at radius 3 is 2.48 bits per heavy atom. The molecule has 1 fully saturated rings. The van der Waals surface area contributed by atoms with Gasteiger partial charge in [0.05, 0.1) is 10.5 Å². The van der Waals surface area contributed by atoms with Gasteiger partial charge in [-0.2, -0.15) is 8.42 Å². The van der Waals surface area contributed by atoms with Crippen LogP contribution in [0.5, 0.6) is 0 Å². The van der Waals surface area contributed by atoms with Crippen LogP contribution in [0.4, 0.5) is 0 Å². The average Bonchev–Trinajstić information content (AvgIpc) is 2.99. The molecular formula is C19H20O7S. The van der Waals surface area contributed by atoms with E-state index in [2.05, 4.69) is 0 Å². The Kier molecular flexibility index (Phi) is 5.91. The van der Waals surface area contributed by atoms with E-state index in [0.29, 0.717) is 5.56 Å². The number of rotatable bonds is 6. The maximum atomic E-state index is 12.4. The number of carbonyl (C=O) groups is 1. The highest BCUT2D eigenvalue weighted by Crippen LogP contribution is 2.26. The zero-order valence-electron chi connectivity index (χ0n) is 14.6. The van der Waals surface area contributed by atoms with E-state index in [1.54, 1.807) is 42.5 Å². The van der Waals surface area contributed by atoms with Crippen molar-refractivity contribution in [3.63, 3.8) is 0 Å². The number of ether oxygens (including phenoxy) is 2. The van der Waals surface area contributed by atoms with Crippen molar-refractivity contribution in [3.8, 4) is 0 Å². The molecule has 1 N–H and O–H groups in total. The van der Waals surface area contributed by atoms with Crippen LogP contribution in [-0.4, -0.2) is 44.6 Å². The summed E-state index contributed by atoms with van der Waals surface area (Å²) in [5, 5.41) is 9.72. The van der Waals surface area contributed by atoms with Crippen molar-refractivity contribution in [3.05, 3.63) is 65.7 Å². The van der Waals surface area contributed by atoms with Gasteiger partial charge in [-0.1, -0.05) is 35.9 Å². The van der Waals surface area contributed by atoms with Gasteiger partial charge in [0, 0.05) is 6.42 Å². The van der Waals surface area contributed by atoms with Crippen LogP contribution in [-0.2, 0) is 23.8 Å². The third-order valence-electron chi connectivity index (χ3n) is 4.13. The molecule has 2 aromatic carbocycles. The van der Waals surface area contributed by atoms with E-state index < -0.39 is 34.6 Å². The number of hydrogen-bond acceptors (Lipinski definition) is 7. The Labute approximate surface area is 157 Å². The molecule has 2 aromatic rings. The van der Waals surface area contributed by atoms with Gasteiger partial charge in [-0.25, -0.2) is 4.79 Å². The SMILES string of the molecule is Cc1ccc(S(=O)(=O)O[C@@H]2CC(O)O[C@@H]2COC(=O)c2ccccc2)cc1. The third kappa shape index (κ3) is 4.92. The minimum atomic E-state index is -4.04. The largest absolute Gasteiger partial charge is 0.459 e. The van der Waals surface area contributed by atoms with Crippen molar-refractivity contribution < 1.29 is 32.0 Å². The molecule has 0 spiro atoms. The van der Waals surface area contributed by atoms with Crippen LogP contribution in [0.25, 0.3) is 0 Å². The molecule has 1 heterocycles. The van der Waals surface area contributed by atoms with E-state index in [9.17, 15) is 18.3 Å². The van der Waals surface area contributed by atoms with Crippen LogP contribution in [0.15, 0.2) is 59.5 Å². The lowest BCUT2D eigenvalue weighted by molar-refractivity contribution is -0.108. The van der Waals surface area contributed by atoms with Gasteiger partial charge in [-0.3, -0.25) is 4.18 Å². The van der Waals surface area contributed by atoms with E-state index in [1.165, 1.54) is 12.1 Å². The van der Waals surface area contributed by atoms with Crippen molar-refractivity contribution in [1.82, 2.24) is 0 Å². The number of aliphatic hydroxyl groups excluding tert-OH is 1. The second kappa shape index (κ2) is 8.18. The summed E-state index contributed by atoms with van der Waals surface area (Å²) in [6, 6.07) is 14.6. The first kappa shape index (κ1) is 19.5. The average molecular weight is 392 g/mol. The van der Waals surface area contributed by atoms with Gasteiger partial charge in [0.25, 0.3) is 10.1 Å². The molecular weight excluding hydrogens is 372 g/mol. The lowest BCUT2D eigenvalue weighted by atomic mass is 10.2. The monoisotopic (exact) mass is 392 g/mol. The Morgan fingerprint density at radius 2 is 1.81 bits per heavy atom. The van der Waals surface area contributed by atoms with Crippen LogP contribution in [0, 0.1) is 6.92 Å². The van der Waals surface area contributed by atoms with Crippen LogP contribution in [0.2, 0.25) is 0 Å². The summed E-state index contributed by atoms with van der Waals surface area (Å²) in [4.78, 5) is 12.0. The fourth-order valence-corrected chi connectivity index (χ4v) is 3.79. The number of aliphatic hydroxyl groups is 1. The molecule has 8 heteroatoms. The molecule has 1 saturated heterocycles. The lowest BCUT2D eigenvalue weighted by Crippen LogP contribution is -2.32. The standard InChI is InChI=1S/C19H20O7S/c1-13-7-9-15(10-8-13)27(22,23)26-16-11-18(20)25-17(16)12-24-19(21)14-5-3-2-4-6-14/h2-10,16-18,20H,11-12H2,1H3/t16-,17-,18?/m1/s1. The van der Waals surface area contributed by atoms with Gasteiger partial charge in [0.1, 0.15) is 18.8 Å². The third-order valence-corrected chi connectivity index (χ3v) is 5.48. The lowest BCUT2D eigenvalue weighted by Gasteiger charge is -2.18. The van der Waals surface area contributed by atoms with Crippen LogP contribution in [0.3, 0.4) is 0 Å². The number of carbonyl (C=O) groups excluding carboxylic acids is 1. The van der Waals surface area contributed by atoms with Crippen molar-refractivity contribution in [2.75, 3.05) is 6.61 Å². The van der Waals surface area contributed by atoms with E-state index in [0.717, 1.165) is 5.56 Å². The molecule has 27 heavy (non-hydrogen) atoms. The van der Waals surface area contributed by atoms with Crippen molar-refractivity contribution in [2.24, 2.45) is 0 Å². The molecule has 7 nitrogen and oxygen atoms in total. The highest BCUT2D eigenvalue weighted by atomic mass is 32.2. The highest BCUT2D eigenvalue weighted by molar-refractivity contribution is 7.86. The fourth-order valence-electron chi connectivity index (χ4n) is 2.68. The summed E-state index contributed by atoms with van der Waals surface area (Å²) in [5.74, 6) is -0.569. The first-order chi connectivity index (χ1) is 12.8. The molecule has 0 aromatic heterocycles. The Bertz CT molecular complexity index is 878. The normalized spacial score (nSPS) is 22.5. The molecule has 0 saturated carbocycles. The Hall–Kier alpha value is -2.26. The van der Waals surface area contributed by atoms with Crippen molar-refractivity contribution in [1.29, 1.82) is 0 Å². The Balaban J connectivity index is 1.65. The van der Waals surface area contributed by atoms with Gasteiger partial charge >= 0.3 is 5.97 Å². The fraction of sp³-hybridized carbons (Fsp3) is 0.316. The summed E-state index contributed by atoms with van der Waals surface area (Å²) in [6.45, 7) is 1.61. The maximum absolute atomic E-state index is 12.4. The molecule has 0 amide bonds. The molecule has 3 rings (SSSR count). The minimum absolute atomic E-state index is 0.00881. The number of benzene rings is 2. The summed E-state index contributed by atoms with van der Waals surface area (Å²) in [5.41, 5.74) is 1.28. The van der Waals surface area contributed by atoms with Crippen molar-refractivity contribution >= 4 is 16.1 Å². The van der Waals surface area contributed by atoms with E-state index >= 15 is 0 Å². The molecule has 144 valence electrons. The number of aryl methyl sites for hydroxylation is 1. The van der Waals surface area contributed by atoms with Crippen LogP contribution in [0.1, 0.15) is 22.3 Å². The van der Waals surface area contributed by atoms with Crippen molar-refractivity contribution in [2.45, 2.75) is 36.7 Å². The molecule has 3 atom stereocenters. The first-order valence-corrected chi connectivity index (χ1v) is 9.81. The molecule has 0 bridgehead atoms. The predicted octanol–water partition coefficient (Wildman–Crippen LogP) is 2.03. The number of esters is 1. The smallest absolute Gasteiger partial charge is 0.338 e. The summed E-state index contributed by atoms with van der Waals surface area (Å²) < 4.78 is 40.6. The molecule has 1 unspecified atom stereocenters. The van der Waals surface area contributed by atoms with E-state index in [-0.39, 0.29) is 17.9 Å². The van der Waals surface area contributed by atoms with Crippen LogP contribution < -0.4 is 0 Å². The second-order valence-electron chi connectivity index (χ2n) is 6.23. The molecule has 1 aliphatic rings. The van der Waals surface area contributed by atoms with Gasteiger partial charge in [-0.05, 0) is 31.2 Å². The van der Waals surface area contributed by atoms with Gasteiger partial charge in [0.15, 0.2) is 6.29 Å². The van der Waals surface area contributed by atoms with Gasteiger partial charge in [0.2, 0.25) is 0 Å². The topological polar surface area (TPSA) is 99.1 Å². The molecule has 0 radical (unpaired) electrons. The van der Waals surface area contributed by atoms with E-state index in [4.69, 9.17) is 13.7 Å². The van der Waals surface area contributed by atoms with Gasteiger partial charge in [-0.15, -0.1) is 0 Å².